The maximum absolute atomic E-state index is 11.1. The zero-order valence-corrected chi connectivity index (χ0v) is 19.8. The van der Waals surface area contributed by atoms with E-state index in [0.717, 1.165) is 12.8 Å². The van der Waals surface area contributed by atoms with Crippen molar-refractivity contribution in [2.75, 3.05) is 92.5 Å². The van der Waals surface area contributed by atoms with Crippen LogP contribution >= 0.6 is 0 Å². The molecule has 10 heteroatoms. The molecule has 0 rings (SSSR count). The molecule has 0 fully saturated rings. The standard InChI is InChI=1S/C22H42O10/c1-3-5-21(23)31-19-17-29-15-13-27-11-9-25-7-8-26-10-12-28-14-16-30-18-20-32-22(24)6-4-2/h3-20H2,1-2H3. The van der Waals surface area contributed by atoms with E-state index in [-0.39, 0.29) is 25.2 Å². The molecule has 190 valence electrons. The molecule has 32 heavy (non-hydrogen) atoms. The van der Waals surface area contributed by atoms with Crippen LogP contribution in [0.15, 0.2) is 0 Å². The molecule has 0 aromatic heterocycles. The number of hydrogen-bond donors (Lipinski definition) is 0. The molecular weight excluding hydrogens is 424 g/mol. The molecule has 0 aliphatic carbocycles. The van der Waals surface area contributed by atoms with Gasteiger partial charge < -0.3 is 37.9 Å². The van der Waals surface area contributed by atoms with Gasteiger partial charge in [0.15, 0.2) is 0 Å². The van der Waals surface area contributed by atoms with Crippen LogP contribution < -0.4 is 0 Å². The Morgan fingerprint density at radius 1 is 0.406 bits per heavy atom. The summed E-state index contributed by atoms with van der Waals surface area (Å²) in [5.41, 5.74) is 0. The Bertz CT molecular complexity index is 382. The van der Waals surface area contributed by atoms with Crippen molar-refractivity contribution in [3.8, 4) is 0 Å². The number of carbonyl (C=O) groups is 2. The van der Waals surface area contributed by atoms with Gasteiger partial charge in [0, 0.05) is 12.8 Å². The van der Waals surface area contributed by atoms with Crippen LogP contribution in [0.1, 0.15) is 39.5 Å². The van der Waals surface area contributed by atoms with Crippen LogP contribution in [-0.2, 0) is 47.5 Å². The van der Waals surface area contributed by atoms with E-state index in [4.69, 9.17) is 37.9 Å². The van der Waals surface area contributed by atoms with Crippen molar-refractivity contribution < 1.29 is 47.5 Å². The molecule has 0 aliphatic heterocycles. The van der Waals surface area contributed by atoms with E-state index in [1.165, 1.54) is 0 Å². The Balaban J connectivity index is 3.08. The number of carbonyl (C=O) groups excluding carboxylic acids is 2. The fourth-order valence-electron chi connectivity index (χ4n) is 2.18. The number of ether oxygens (including phenoxy) is 8. The Labute approximate surface area is 192 Å². The van der Waals surface area contributed by atoms with Gasteiger partial charge >= 0.3 is 11.9 Å². The highest BCUT2D eigenvalue weighted by Gasteiger charge is 2.00. The fraction of sp³-hybridized carbons (Fsp3) is 0.909. The molecule has 0 aromatic carbocycles. The highest BCUT2D eigenvalue weighted by Crippen LogP contribution is 1.92. The Hall–Kier alpha value is -1.30. The Morgan fingerprint density at radius 2 is 0.625 bits per heavy atom. The summed E-state index contributed by atoms with van der Waals surface area (Å²) in [5.74, 6) is -0.378. The molecule has 0 radical (unpaired) electrons. The average molecular weight is 467 g/mol. The van der Waals surface area contributed by atoms with Gasteiger partial charge in [-0.1, -0.05) is 13.8 Å². The summed E-state index contributed by atoms with van der Waals surface area (Å²) in [7, 11) is 0. The van der Waals surface area contributed by atoms with E-state index < -0.39 is 0 Å². The largest absolute Gasteiger partial charge is 0.463 e. The van der Waals surface area contributed by atoms with Crippen molar-refractivity contribution >= 4 is 11.9 Å². The zero-order valence-electron chi connectivity index (χ0n) is 19.8. The highest BCUT2D eigenvalue weighted by molar-refractivity contribution is 5.69. The molecule has 0 atom stereocenters. The molecule has 0 aromatic rings. The molecule has 0 saturated heterocycles. The predicted octanol–water partition coefficient (Wildman–Crippen LogP) is 1.77. The van der Waals surface area contributed by atoms with E-state index in [1.54, 1.807) is 0 Å². The van der Waals surface area contributed by atoms with Crippen molar-refractivity contribution in [3.63, 3.8) is 0 Å². The van der Waals surface area contributed by atoms with Crippen LogP contribution in [0.4, 0.5) is 0 Å². The van der Waals surface area contributed by atoms with Gasteiger partial charge in [-0.3, -0.25) is 9.59 Å². The molecule has 0 unspecified atom stereocenters. The molecular formula is C22H42O10. The first kappa shape index (κ1) is 30.7. The molecule has 0 spiro atoms. The number of rotatable bonds is 25. The molecule has 0 saturated carbocycles. The van der Waals surface area contributed by atoms with Gasteiger partial charge in [0.2, 0.25) is 0 Å². The van der Waals surface area contributed by atoms with E-state index >= 15 is 0 Å². The van der Waals surface area contributed by atoms with Gasteiger partial charge in [-0.25, -0.2) is 0 Å². The minimum atomic E-state index is -0.189. The van der Waals surface area contributed by atoms with Crippen LogP contribution in [0.5, 0.6) is 0 Å². The molecule has 0 heterocycles. The van der Waals surface area contributed by atoms with Gasteiger partial charge in [-0.05, 0) is 12.8 Å². The van der Waals surface area contributed by atoms with Gasteiger partial charge in [0.1, 0.15) is 13.2 Å². The number of esters is 2. The van der Waals surface area contributed by atoms with Gasteiger partial charge in [0.05, 0.1) is 79.3 Å². The summed E-state index contributed by atoms with van der Waals surface area (Å²) in [6.07, 6.45) is 2.46. The minimum Gasteiger partial charge on any atom is -0.463 e. The summed E-state index contributed by atoms with van der Waals surface area (Å²) in [6, 6.07) is 0. The first-order chi connectivity index (χ1) is 15.7. The normalized spacial score (nSPS) is 10.9. The molecule has 0 bridgehead atoms. The van der Waals surface area contributed by atoms with E-state index in [9.17, 15) is 9.59 Å². The van der Waals surface area contributed by atoms with Crippen molar-refractivity contribution in [2.24, 2.45) is 0 Å². The fourth-order valence-corrected chi connectivity index (χ4v) is 2.18. The minimum absolute atomic E-state index is 0.189. The van der Waals surface area contributed by atoms with Crippen LogP contribution in [0, 0.1) is 0 Å². The summed E-state index contributed by atoms with van der Waals surface area (Å²) >= 11 is 0. The lowest BCUT2D eigenvalue weighted by Gasteiger charge is -2.08. The third-order valence-corrected chi connectivity index (χ3v) is 3.75. The van der Waals surface area contributed by atoms with Crippen LogP contribution in [0.2, 0.25) is 0 Å². The van der Waals surface area contributed by atoms with Crippen LogP contribution in [-0.4, -0.2) is 104 Å². The van der Waals surface area contributed by atoms with Crippen molar-refractivity contribution in [1.29, 1.82) is 0 Å². The molecule has 0 amide bonds. The molecule has 0 N–H and O–H groups in total. The van der Waals surface area contributed by atoms with E-state index in [0.29, 0.717) is 92.1 Å². The van der Waals surface area contributed by atoms with Crippen molar-refractivity contribution in [1.82, 2.24) is 0 Å². The maximum atomic E-state index is 11.1. The quantitative estimate of drug-likeness (QED) is 0.146. The number of hydrogen-bond acceptors (Lipinski definition) is 10. The van der Waals surface area contributed by atoms with Gasteiger partial charge in [0.25, 0.3) is 0 Å². The van der Waals surface area contributed by atoms with Gasteiger partial charge in [-0.15, -0.1) is 0 Å². The predicted molar refractivity (Wildman–Crippen MR) is 117 cm³/mol. The Morgan fingerprint density at radius 3 is 0.844 bits per heavy atom. The smallest absolute Gasteiger partial charge is 0.305 e. The lowest BCUT2D eigenvalue weighted by atomic mass is 10.3. The Kier molecular flexibility index (Phi) is 24.9. The second-order valence-corrected chi connectivity index (χ2v) is 6.62. The highest BCUT2D eigenvalue weighted by atomic mass is 16.6. The van der Waals surface area contributed by atoms with E-state index in [1.807, 2.05) is 13.8 Å². The summed E-state index contributed by atoms with van der Waals surface area (Å²) in [6.45, 7) is 9.91. The summed E-state index contributed by atoms with van der Waals surface area (Å²) < 4.78 is 42.1. The monoisotopic (exact) mass is 466 g/mol. The topological polar surface area (TPSA) is 108 Å². The lowest BCUT2D eigenvalue weighted by molar-refractivity contribution is -0.146. The first-order valence-corrected chi connectivity index (χ1v) is 11.5. The molecule has 0 aliphatic rings. The lowest BCUT2D eigenvalue weighted by Crippen LogP contribution is -2.15. The molecule has 10 nitrogen and oxygen atoms in total. The summed E-state index contributed by atoms with van der Waals surface area (Å²) in [4.78, 5) is 22.3. The SMILES string of the molecule is CCCC(=O)OCCOCCOCCOCCOCCOCCOCCOC(=O)CCC. The third-order valence-electron chi connectivity index (χ3n) is 3.75. The van der Waals surface area contributed by atoms with Crippen LogP contribution in [0.3, 0.4) is 0 Å². The maximum Gasteiger partial charge on any atom is 0.305 e. The van der Waals surface area contributed by atoms with Gasteiger partial charge in [-0.2, -0.15) is 0 Å². The van der Waals surface area contributed by atoms with E-state index in [2.05, 4.69) is 0 Å². The third kappa shape index (κ3) is 25.0. The van der Waals surface area contributed by atoms with Crippen LogP contribution in [0.25, 0.3) is 0 Å². The first-order valence-electron chi connectivity index (χ1n) is 11.5. The zero-order chi connectivity index (χ0) is 23.5. The second kappa shape index (κ2) is 26.0. The second-order valence-electron chi connectivity index (χ2n) is 6.62. The van der Waals surface area contributed by atoms with Crippen molar-refractivity contribution in [3.05, 3.63) is 0 Å². The summed E-state index contributed by atoms with van der Waals surface area (Å²) in [5, 5.41) is 0. The average Bonchev–Trinajstić information content (AvgIpc) is 2.77. The van der Waals surface area contributed by atoms with Crippen molar-refractivity contribution in [2.45, 2.75) is 39.5 Å².